The Morgan fingerprint density at radius 3 is 2.43 bits per heavy atom. The molecule has 0 amide bonds. The number of hydrogen-bond donors (Lipinski definition) is 0. The molecule has 1 aromatic carbocycles. The lowest BCUT2D eigenvalue weighted by molar-refractivity contribution is -0.384. The van der Waals surface area contributed by atoms with Crippen LogP contribution in [0.5, 0.6) is 0 Å². The molecule has 0 radical (unpaired) electrons. The number of carbonyl (C=O) groups is 1. The van der Waals surface area contributed by atoms with Gasteiger partial charge >= 0.3 is 5.97 Å². The Bertz CT molecular complexity index is 530. The average molecular weight is 315 g/mol. The highest BCUT2D eigenvalue weighted by molar-refractivity contribution is 5.91. The molecule has 0 aromatic heterocycles. The number of methoxy groups -OCH3 is 1. The maximum absolute atomic E-state index is 11.5. The normalized spacial score (nSPS) is 15.2. The number of halogens is 1. The minimum atomic E-state index is -0.571. The molecule has 8 heteroatoms. The van der Waals surface area contributed by atoms with Crippen molar-refractivity contribution in [3.8, 4) is 0 Å². The predicted molar refractivity (Wildman–Crippen MR) is 74.1 cm³/mol. The number of benzene rings is 1. The van der Waals surface area contributed by atoms with Crippen molar-refractivity contribution >= 4 is 17.3 Å². The summed E-state index contributed by atoms with van der Waals surface area (Å²) in [5.74, 6) is -0.571. The third kappa shape index (κ3) is 3.83. The molecule has 1 fully saturated rings. The van der Waals surface area contributed by atoms with Crippen molar-refractivity contribution in [3.05, 3.63) is 33.9 Å². The molecule has 0 spiro atoms. The van der Waals surface area contributed by atoms with Crippen molar-refractivity contribution < 1.29 is 26.9 Å². The summed E-state index contributed by atoms with van der Waals surface area (Å²) in [4.78, 5) is 26.3. The molecule has 1 heterocycles. The molecular weight excluding hydrogens is 298 g/mol. The molecule has 116 valence electrons. The summed E-state index contributed by atoms with van der Waals surface area (Å²) >= 11 is 0. The smallest absolute Gasteiger partial charge is 0.338 e. The van der Waals surface area contributed by atoms with Gasteiger partial charge in [-0.25, -0.2) is 4.79 Å². The SMILES string of the molecule is COC(=O)c1ccc(N2CCN(C)CC2)c([N+](=O)[O-])c1.[Cl-]. The van der Waals surface area contributed by atoms with Crippen molar-refractivity contribution in [2.45, 2.75) is 0 Å². The maximum Gasteiger partial charge on any atom is 0.338 e. The topological polar surface area (TPSA) is 75.9 Å². The molecule has 0 unspecified atom stereocenters. The summed E-state index contributed by atoms with van der Waals surface area (Å²) in [6, 6.07) is 4.46. The second-order valence-electron chi connectivity index (χ2n) is 4.74. The lowest BCUT2D eigenvalue weighted by atomic mass is 10.1. The monoisotopic (exact) mass is 314 g/mol. The van der Waals surface area contributed by atoms with Crippen LogP contribution in [0.1, 0.15) is 10.4 Å². The molecule has 2 rings (SSSR count). The standard InChI is InChI=1S/C13H17N3O4.ClH/c1-14-5-7-15(8-6-14)11-4-3-10(13(17)20-2)9-12(11)16(18)19;/h3-4,9H,5-8H2,1-2H3;1H/p-1. The minimum Gasteiger partial charge on any atom is -1.00 e. The van der Waals surface area contributed by atoms with Gasteiger partial charge in [-0.3, -0.25) is 10.1 Å². The van der Waals surface area contributed by atoms with Gasteiger partial charge in [0.1, 0.15) is 5.69 Å². The molecule has 1 aliphatic rings. The van der Waals surface area contributed by atoms with Gasteiger partial charge in [-0.2, -0.15) is 0 Å². The van der Waals surface area contributed by atoms with Gasteiger partial charge in [0.05, 0.1) is 17.6 Å². The van der Waals surface area contributed by atoms with Crippen LogP contribution >= 0.6 is 0 Å². The number of nitrogens with zero attached hydrogens (tertiary/aromatic N) is 3. The Balaban J connectivity index is 0.00000220. The molecule has 0 bridgehead atoms. The van der Waals surface area contributed by atoms with Crippen LogP contribution in [0.25, 0.3) is 0 Å². The number of nitro groups is 1. The molecule has 0 atom stereocenters. The van der Waals surface area contributed by atoms with Gasteiger partial charge in [-0.1, -0.05) is 0 Å². The Labute approximate surface area is 129 Å². The Morgan fingerprint density at radius 2 is 1.90 bits per heavy atom. The van der Waals surface area contributed by atoms with Crippen LogP contribution in [0, 0.1) is 10.1 Å². The van der Waals surface area contributed by atoms with Gasteiger partial charge < -0.3 is 26.9 Å². The first-order valence-electron chi connectivity index (χ1n) is 6.33. The first kappa shape index (κ1) is 17.2. The Morgan fingerprint density at radius 1 is 1.29 bits per heavy atom. The van der Waals surface area contributed by atoms with Gasteiger partial charge in [-0.05, 0) is 19.2 Å². The molecule has 1 aliphatic heterocycles. The fourth-order valence-corrected chi connectivity index (χ4v) is 2.23. The van der Waals surface area contributed by atoms with E-state index < -0.39 is 10.9 Å². The van der Waals surface area contributed by atoms with Crippen LogP contribution in [0.4, 0.5) is 11.4 Å². The fourth-order valence-electron chi connectivity index (χ4n) is 2.23. The molecule has 0 aliphatic carbocycles. The number of ether oxygens (including phenoxy) is 1. The lowest BCUT2D eigenvalue weighted by Gasteiger charge is -2.33. The van der Waals surface area contributed by atoms with E-state index in [1.54, 1.807) is 12.1 Å². The number of hydrogen-bond acceptors (Lipinski definition) is 6. The van der Waals surface area contributed by atoms with Gasteiger partial charge in [-0.15, -0.1) is 0 Å². The van der Waals surface area contributed by atoms with Crippen LogP contribution in [-0.2, 0) is 4.74 Å². The molecule has 0 N–H and O–H groups in total. The van der Waals surface area contributed by atoms with Gasteiger partial charge in [0, 0.05) is 32.2 Å². The summed E-state index contributed by atoms with van der Waals surface area (Å²) in [6.07, 6.45) is 0. The van der Waals surface area contributed by atoms with Crippen LogP contribution in [0.15, 0.2) is 18.2 Å². The number of piperazine rings is 1. The number of likely N-dealkylation sites (N-methyl/N-ethyl adjacent to an activating group) is 1. The second-order valence-corrected chi connectivity index (χ2v) is 4.74. The summed E-state index contributed by atoms with van der Waals surface area (Å²) < 4.78 is 4.59. The fraction of sp³-hybridized carbons (Fsp3) is 0.462. The van der Waals surface area contributed by atoms with Crippen LogP contribution in [0.2, 0.25) is 0 Å². The highest BCUT2D eigenvalue weighted by Gasteiger charge is 2.24. The van der Waals surface area contributed by atoms with Gasteiger partial charge in [0.25, 0.3) is 5.69 Å². The first-order valence-corrected chi connectivity index (χ1v) is 6.33. The van der Waals surface area contributed by atoms with Crippen molar-refractivity contribution in [2.75, 3.05) is 45.2 Å². The number of esters is 1. The van der Waals surface area contributed by atoms with E-state index in [9.17, 15) is 14.9 Å². The van der Waals surface area contributed by atoms with E-state index in [-0.39, 0.29) is 23.7 Å². The van der Waals surface area contributed by atoms with E-state index in [4.69, 9.17) is 0 Å². The Hall–Kier alpha value is -1.86. The van der Waals surface area contributed by atoms with Crippen molar-refractivity contribution in [2.24, 2.45) is 0 Å². The zero-order valence-electron chi connectivity index (χ0n) is 11.9. The van der Waals surface area contributed by atoms with Crippen LogP contribution < -0.4 is 17.3 Å². The molecule has 1 aromatic rings. The van der Waals surface area contributed by atoms with E-state index in [0.717, 1.165) is 26.2 Å². The van der Waals surface area contributed by atoms with E-state index in [0.29, 0.717) is 5.69 Å². The third-order valence-corrected chi connectivity index (χ3v) is 3.44. The number of carbonyl (C=O) groups excluding carboxylic acids is 1. The van der Waals surface area contributed by atoms with Crippen molar-refractivity contribution in [3.63, 3.8) is 0 Å². The first-order chi connectivity index (χ1) is 9.52. The summed E-state index contributed by atoms with van der Waals surface area (Å²) in [5.41, 5.74) is 0.685. The third-order valence-electron chi connectivity index (χ3n) is 3.44. The highest BCUT2D eigenvalue weighted by Crippen LogP contribution is 2.30. The van der Waals surface area contributed by atoms with Gasteiger partial charge in [0.2, 0.25) is 0 Å². The Kier molecular flexibility index (Phi) is 5.92. The van der Waals surface area contributed by atoms with E-state index in [2.05, 4.69) is 9.64 Å². The quantitative estimate of drug-likeness (QED) is 0.370. The molecule has 1 saturated heterocycles. The van der Waals surface area contributed by atoms with E-state index in [1.807, 2.05) is 11.9 Å². The van der Waals surface area contributed by atoms with Crippen molar-refractivity contribution in [1.82, 2.24) is 4.90 Å². The molecular formula is C13H17ClN3O4-. The highest BCUT2D eigenvalue weighted by atomic mass is 35.5. The minimum absolute atomic E-state index is 0. The average Bonchev–Trinajstić information content (AvgIpc) is 2.46. The summed E-state index contributed by atoms with van der Waals surface area (Å²) in [5, 5.41) is 11.2. The second kappa shape index (κ2) is 7.24. The number of rotatable bonds is 3. The predicted octanol–water partition coefficient (Wildman–Crippen LogP) is -1.86. The van der Waals surface area contributed by atoms with Crippen molar-refractivity contribution in [1.29, 1.82) is 0 Å². The lowest BCUT2D eigenvalue weighted by Crippen LogP contribution is -3.00. The molecule has 7 nitrogen and oxygen atoms in total. The van der Waals surface area contributed by atoms with E-state index in [1.165, 1.54) is 13.2 Å². The van der Waals surface area contributed by atoms with E-state index >= 15 is 0 Å². The zero-order chi connectivity index (χ0) is 14.7. The zero-order valence-corrected chi connectivity index (χ0v) is 12.7. The van der Waals surface area contributed by atoms with Crippen LogP contribution in [-0.4, -0.2) is 56.1 Å². The maximum atomic E-state index is 11.5. The molecule has 0 saturated carbocycles. The largest absolute Gasteiger partial charge is 1.00 e. The summed E-state index contributed by atoms with van der Waals surface area (Å²) in [7, 11) is 3.27. The van der Waals surface area contributed by atoms with Crippen LogP contribution in [0.3, 0.4) is 0 Å². The summed E-state index contributed by atoms with van der Waals surface area (Å²) in [6.45, 7) is 3.18. The van der Waals surface area contributed by atoms with Gasteiger partial charge in [0.15, 0.2) is 0 Å². The number of anilines is 1. The molecule has 21 heavy (non-hydrogen) atoms. The number of nitro benzene ring substituents is 1.